The fourth-order valence-corrected chi connectivity index (χ4v) is 4.06. The van der Waals surface area contributed by atoms with Crippen LogP contribution >= 0.6 is 11.3 Å². The molecule has 0 saturated carbocycles. The Kier molecular flexibility index (Phi) is 7.26. The molecule has 0 radical (unpaired) electrons. The number of nitro groups is 1. The smallest absolute Gasteiger partial charge is 0.348 e. The Labute approximate surface area is 196 Å². The van der Waals surface area contributed by atoms with Crippen LogP contribution in [-0.4, -0.2) is 41.9 Å². The van der Waals surface area contributed by atoms with Gasteiger partial charge < -0.3 is 9.47 Å². The zero-order valence-electron chi connectivity index (χ0n) is 18.3. The third kappa shape index (κ3) is 4.73. The maximum absolute atomic E-state index is 12.5. The van der Waals surface area contributed by atoms with Gasteiger partial charge in [0.05, 0.1) is 23.8 Å². The van der Waals surface area contributed by atoms with Crippen molar-refractivity contribution in [3.8, 4) is 0 Å². The Morgan fingerprint density at radius 1 is 1.06 bits per heavy atom. The molecule has 2 amide bonds. The number of imide groups is 1. The van der Waals surface area contributed by atoms with Gasteiger partial charge in [0.15, 0.2) is 5.00 Å². The molecule has 2 aromatic rings. The topological polar surface area (TPSA) is 158 Å². The van der Waals surface area contributed by atoms with E-state index in [0.29, 0.717) is 10.5 Å². The third-order valence-corrected chi connectivity index (χ3v) is 5.69. The van der Waals surface area contributed by atoms with Crippen LogP contribution in [0.4, 0.5) is 22.1 Å². The SMILES string of the molecule is CCOC(=O)c1sc(N=Nc2ccc(N3C(=O)C=CC3=O)c([N+](=O)[O-])c2)c(C(=O)OCC)c1C. The molecule has 176 valence electrons. The van der Waals surface area contributed by atoms with Gasteiger partial charge in [0.25, 0.3) is 17.5 Å². The molecule has 2 heterocycles. The number of amides is 2. The Balaban J connectivity index is 2.02. The Bertz CT molecular complexity index is 1250. The average molecular weight is 486 g/mol. The largest absolute Gasteiger partial charge is 0.462 e. The van der Waals surface area contributed by atoms with Gasteiger partial charge in [-0.25, -0.2) is 14.5 Å². The Morgan fingerprint density at radius 3 is 2.26 bits per heavy atom. The number of rotatable bonds is 8. The van der Waals surface area contributed by atoms with Crippen molar-refractivity contribution in [2.75, 3.05) is 18.1 Å². The maximum atomic E-state index is 12.5. The molecule has 0 spiro atoms. The van der Waals surface area contributed by atoms with Gasteiger partial charge in [0.2, 0.25) is 0 Å². The normalized spacial score (nSPS) is 13.1. The van der Waals surface area contributed by atoms with E-state index >= 15 is 0 Å². The Hall–Kier alpha value is -4.26. The lowest BCUT2D eigenvalue weighted by Crippen LogP contribution is -2.30. The maximum Gasteiger partial charge on any atom is 0.348 e. The molecule has 0 atom stereocenters. The van der Waals surface area contributed by atoms with Crippen molar-refractivity contribution in [3.63, 3.8) is 0 Å². The van der Waals surface area contributed by atoms with Crippen molar-refractivity contribution >= 4 is 57.2 Å². The first-order valence-corrected chi connectivity index (χ1v) is 10.7. The number of thiophene rings is 1. The van der Waals surface area contributed by atoms with E-state index in [1.54, 1.807) is 20.8 Å². The van der Waals surface area contributed by atoms with Crippen LogP contribution in [0.2, 0.25) is 0 Å². The summed E-state index contributed by atoms with van der Waals surface area (Å²) in [6, 6.07) is 3.56. The van der Waals surface area contributed by atoms with Crippen LogP contribution in [0.25, 0.3) is 0 Å². The number of ether oxygens (including phenoxy) is 2. The van der Waals surface area contributed by atoms with E-state index < -0.39 is 34.4 Å². The summed E-state index contributed by atoms with van der Waals surface area (Å²) in [4.78, 5) is 60.2. The van der Waals surface area contributed by atoms with Crippen LogP contribution in [0.5, 0.6) is 0 Å². The summed E-state index contributed by atoms with van der Waals surface area (Å²) < 4.78 is 10.1. The van der Waals surface area contributed by atoms with Crippen molar-refractivity contribution in [3.05, 3.63) is 56.5 Å². The van der Waals surface area contributed by atoms with E-state index in [0.717, 1.165) is 29.6 Å². The number of nitrogens with zero attached hydrogens (tertiary/aromatic N) is 4. The number of azo groups is 1. The molecule has 1 aliphatic rings. The molecule has 0 aliphatic carbocycles. The van der Waals surface area contributed by atoms with Crippen molar-refractivity contribution in [2.24, 2.45) is 10.2 Å². The second-order valence-corrected chi connectivity index (χ2v) is 7.65. The zero-order chi connectivity index (χ0) is 25.0. The standard InChI is InChI=1S/C21H18N4O8S/c1-4-32-20(28)17-11(3)18(21(29)33-5-2)34-19(17)23-22-12-6-7-13(14(10-12)25(30)31)24-15(26)8-9-16(24)27/h6-10H,4-5H2,1-3H3. The van der Waals surface area contributed by atoms with E-state index in [9.17, 15) is 29.3 Å². The van der Waals surface area contributed by atoms with E-state index in [2.05, 4.69) is 10.2 Å². The summed E-state index contributed by atoms with van der Waals surface area (Å²) in [6.45, 7) is 5.04. The van der Waals surface area contributed by atoms with Crippen molar-refractivity contribution in [2.45, 2.75) is 20.8 Å². The van der Waals surface area contributed by atoms with Gasteiger partial charge in [0, 0.05) is 18.2 Å². The van der Waals surface area contributed by atoms with Gasteiger partial charge >= 0.3 is 11.9 Å². The summed E-state index contributed by atoms with van der Waals surface area (Å²) in [5.74, 6) is -2.75. The van der Waals surface area contributed by atoms with Crippen molar-refractivity contribution in [1.82, 2.24) is 0 Å². The highest BCUT2D eigenvalue weighted by molar-refractivity contribution is 7.18. The first-order valence-electron chi connectivity index (χ1n) is 9.93. The molecular formula is C21H18N4O8S. The van der Waals surface area contributed by atoms with E-state index in [1.165, 1.54) is 12.1 Å². The summed E-state index contributed by atoms with van der Waals surface area (Å²) in [5.41, 5.74) is -0.393. The van der Waals surface area contributed by atoms with Crippen LogP contribution in [0, 0.1) is 17.0 Å². The minimum absolute atomic E-state index is 0.0149. The number of benzene rings is 1. The molecule has 0 N–H and O–H groups in total. The molecular weight excluding hydrogens is 468 g/mol. The number of carbonyl (C=O) groups excluding carboxylic acids is 4. The molecule has 1 aromatic heterocycles. The van der Waals surface area contributed by atoms with Crippen LogP contribution in [0.3, 0.4) is 0 Å². The first-order chi connectivity index (χ1) is 16.2. The van der Waals surface area contributed by atoms with Gasteiger partial charge in [0.1, 0.15) is 16.1 Å². The second-order valence-electron chi connectivity index (χ2n) is 6.65. The van der Waals surface area contributed by atoms with Gasteiger partial charge in [-0.2, -0.15) is 0 Å². The predicted molar refractivity (Wildman–Crippen MR) is 120 cm³/mol. The molecule has 0 bridgehead atoms. The minimum atomic E-state index is -0.759. The van der Waals surface area contributed by atoms with Crippen molar-refractivity contribution in [1.29, 1.82) is 0 Å². The minimum Gasteiger partial charge on any atom is -0.462 e. The molecule has 1 aromatic carbocycles. The molecule has 0 fully saturated rings. The molecule has 0 saturated heterocycles. The molecule has 1 aliphatic heterocycles. The monoisotopic (exact) mass is 486 g/mol. The summed E-state index contributed by atoms with van der Waals surface area (Å²) in [6.07, 6.45) is 2.02. The average Bonchev–Trinajstić information content (AvgIpc) is 3.30. The number of carbonyl (C=O) groups is 4. The number of nitro benzene ring substituents is 1. The van der Waals surface area contributed by atoms with Crippen LogP contribution in [-0.2, 0) is 19.1 Å². The molecule has 34 heavy (non-hydrogen) atoms. The van der Waals surface area contributed by atoms with Gasteiger partial charge in [-0.1, -0.05) is 0 Å². The fourth-order valence-electron chi connectivity index (χ4n) is 3.05. The number of hydrogen-bond donors (Lipinski definition) is 0. The highest BCUT2D eigenvalue weighted by Gasteiger charge is 2.31. The summed E-state index contributed by atoms with van der Waals surface area (Å²) >= 11 is 0.867. The molecule has 0 unspecified atom stereocenters. The lowest BCUT2D eigenvalue weighted by molar-refractivity contribution is -0.384. The van der Waals surface area contributed by atoms with Crippen LogP contribution < -0.4 is 4.90 Å². The highest BCUT2D eigenvalue weighted by Crippen LogP contribution is 2.39. The number of anilines is 1. The predicted octanol–water partition coefficient (Wildman–Crippen LogP) is 4.16. The third-order valence-electron chi connectivity index (χ3n) is 4.53. The van der Waals surface area contributed by atoms with Crippen LogP contribution in [0.1, 0.15) is 39.4 Å². The second kappa shape index (κ2) is 10.1. The summed E-state index contributed by atoms with van der Waals surface area (Å²) in [7, 11) is 0. The molecule has 13 heteroatoms. The highest BCUT2D eigenvalue weighted by atomic mass is 32.1. The van der Waals surface area contributed by atoms with Gasteiger partial charge in [-0.3, -0.25) is 19.7 Å². The van der Waals surface area contributed by atoms with E-state index in [4.69, 9.17) is 9.47 Å². The van der Waals surface area contributed by atoms with Gasteiger partial charge in [-0.05, 0) is 38.5 Å². The lowest BCUT2D eigenvalue weighted by atomic mass is 10.1. The van der Waals surface area contributed by atoms with E-state index in [1.807, 2.05) is 0 Å². The lowest BCUT2D eigenvalue weighted by Gasteiger charge is -2.13. The fraction of sp³-hybridized carbons (Fsp3) is 0.238. The molecule has 12 nitrogen and oxygen atoms in total. The van der Waals surface area contributed by atoms with Crippen LogP contribution in [0.15, 0.2) is 40.6 Å². The molecule has 3 rings (SSSR count). The Morgan fingerprint density at radius 2 is 1.68 bits per heavy atom. The zero-order valence-corrected chi connectivity index (χ0v) is 19.1. The number of esters is 2. The quantitative estimate of drug-likeness (QED) is 0.177. The summed E-state index contributed by atoms with van der Waals surface area (Å²) in [5, 5.41) is 19.6. The number of hydrogen-bond acceptors (Lipinski definition) is 11. The van der Waals surface area contributed by atoms with Crippen molar-refractivity contribution < 1.29 is 33.6 Å². The first kappa shape index (κ1) is 24.4. The van der Waals surface area contributed by atoms with Gasteiger partial charge in [-0.15, -0.1) is 21.6 Å². The van der Waals surface area contributed by atoms with E-state index in [-0.39, 0.29) is 40.0 Å².